The highest BCUT2D eigenvalue weighted by Gasteiger charge is 2.34. The molecule has 9 nitrogen and oxygen atoms in total. The summed E-state index contributed by atoms with van der Waals surface area (Å²) >= 11 is 3.31. The van der Waals surface area contributed by atoms with E-state index in [2.05, 4.69) is 25.9 Å². The molecule has 1 amide bonds. The van der Waals surface area contributed by atoms with Gasteiger partial charge >= 0.3 is 6.09 Å². The minimum atomic E-state index is -1.92. The maximum absolute atomic E-state index is 12.0. The van der Waals surface area contributed by atoms with Crippen LogP contribution in [-0.4, -0.2) is 87.4 Å². The largest absolute Gasteiger partial charge is 0.444 e. The Morgan fingerprint density at radius 2 is 1.79 bits per heavy atom. The number of hydrogen-bond acceptors (Lipinski definition) is 8. The van der Waals surface area contributed by atoms with Crippen molar-refractivity contribution in [2.75, 3.05) is 44.7 Å². The summed E-state index contributed by atoms with van der Waals surface area (Å²) in [5, 5.41) is 20.9. The molecule has 0 saturated carbocycles. The summed E-state index contributed by atoms with van der Waals surface area (Å²) in [4.78, 5) is 25.6. The second kappa shape index (κ2) is 9.34. The van der Waals surface area contributed by atoms with Crippen molar-refractivity contribution in [3.63, 3.8) is 0 Å². The van der Waals surface area contributed by atoms with Crippen LogP contribution in [0.3, 0.4) is 0 Å². The van der Waals surface area contributed by atoms with E-state index in [0.29, 0.717) is 45.1 Å². The number of nitrogens with zero attached hydrogens (tertiary/aromatic N) is 5. The molecule has 28 heavy (non-hydrogen) atoms. The number of anilines is 1. The summed E-state index contributed by atoms with van der Waals surface area (Å²) in [6.45, 7) is 7.97. The molecule has 10 heteroatoms. The van der Waals surface area contributed by atoms with Crippen molar-refractivity contribution in [1.29, 1.82) is 0 Å². The van der Waals surface area contributed by atoms with Gasteiger partial charge in [-0.1, -0.05) is 0 Å². The number of amides is 1. The van der Waals surface area contributed by atoms with Gasteiger partial charge in [-0.2, -0.15) is 0 Å². The van der Waals surface area contributed by atoms with Gasteiger partial charge in [-0.3, -0.25) is 0 Å². The van der Waals surface area contributed by atoms with Crippen molar-refractivity contribution in [2.45, 2.75) is 45.1 Å². The molecule has 1 fully saturated rings. The minimum Gasteiger partial charge on any atom is -0.444 e. The maximum atomic E-state index is 12.0. The Hall–Kier alpha value is -1.49. The van der Waals surface area contributed by atoms with Gasteiger partial charge in [-0.25, -0.2) is 19.7 Å². The molecule has 2 rings (SSSR count). The average Bonchev–Trinajstić information content (AvgIpc) is 2.61. The van der Waals surface area contributed by atoms with Crippen molar-refractivity contribution in [3.05, 3.63) is 16.9 Å². The quantitative estimate of drug-likeness (QED) is 0.618. The van der Waals surface area contributed by atoms with Crippen LogP contribution in [0.1, 0.15) is 33.6 Å². The lowest BCUT2D eigenvalue weighted by atomic mass is 10.2. The summed E-state index contributed by atoms with van der Waals surface area (Å²) in [7, 11) is 1.64. The summed E-state index contributed by atoms with van der Waals surface area (Å²) in [6.07, 6.45) is 3.54. The standard InChI is InChI=1S/C18H30BrN5O4/c1-17(2,3)28-16(25)22(4)7-5-6-18(26,27)24-10-8-23(9-11-24)15-20-12-14(19)13-21-15/h12-13,26-27H,5-11H2,1-4H3. The zero-order valence-corrected chi connectivity index (χ0v) is 18.5. The van der Waals surface area contributed by atoms with Crippen LogP contribution in [0.15, 0.2) is 16.9 Å². The highest BCUT2D eigenvalue weighted by Crippen LogP contribution is 2.20. The molecule has 0 radical (unpaired) electrons. The van der Waals surface area contributed by atoms with Crippen LogP contribution in [0.2, 0.25) is 0 Å². The predicted molar refractivity (Wildman–Crippen MR) is 109 cm³/mol. The lowest BCUT2D eigenvalue weighted by molar-refractivity contribution is -0.269. The third-order valence-electron chi connectivity index (χ3n) is 4.39. The molecule has 1 aliphatic rings. The number of hydrogen-bond donors (Lipinski definition) is 2. The minimum absolute atomic E-state index is 0.134. The Kier molecular flexibility index (Phi) is 7.60. The number of rotatable bonds is 6. The Morgan fingerprint density at radius 3 is 2.32 bits per heavy atom. The van der Waals surface area contributed by atoms with Gasteiger partial charge in [0.25, 0.3) is 0 Å². The molecule has 0 unspecified atom stereocenters. The molecule has 0 bridgehead atoms. The first-order valence-corrected chi connectivity index (χ1v) is 10.1. The number of ether oxygens (including phenoxy) is 1. The van der Waals surface area contributed by atoms with Crippen LogP contribution in [-0.2, 0) is 4.74 Å². The summed E-state index contributed by atoms with van der Waals surface area (Å²) in [5.41, 5.74) is -0.554. The topological polar surface area (TPSA) is 102 Å². The first-order chi connectivity index (χ1) is 13.0. The van der Waals surface area contributed by atoms with E-state index >= 15 is 0 Å². The number of piperazine rings is 1. The van der Waals surface area contributed by atoms with E-state index in [-0.39, 0.29) is 6.42 Å². The van der Waals surface area contributed by atoms with Crippen LogP contribution in [0, 0.1) is 0 Å². The Balaban J connectivity index is 1.77. The summed E-state index contributed by atoms with van der Waals surface area (Å²) < 4.78 is 6.11. The van der Waals surface area contributed by atoms with Gasteiger partial charge in [0.05, 0.1) is 4.47 Å². The monoisotopic (exact) mass is 459 g/mol. The number of halogens is 1. The highest BCUT2D eigenvalue weighted by molar-refractivity contribution is 9.10. The van der Waals surface area contributed by atoms with E-state index in [1.54, 1.807) is 24.3 Å². The zero-order chi connectivity index (χ0) is 20.9. The molecular formula is C18H30BrN5O4. The first kappa shape index (κ1) is 22.8. The second-order valence-corrected chi connectivity index (χ2v) is 8.87. The van der Waals surface area contributed by atoms with Gasteiger partial charge in [0.2, 0.25) is 11.9 Å². The number of carbonyl (C=O) groups is 1. The van der Waals surface area contributed by atoms with Crippen LogP contribution in [0.25, 0.3) is 0 Å². The second-order valence-electron chi connectivity index (χ2n) is 7.96. The molecule has 1 aromatic heterocycles. The van der Waals surface area contributed by atoms with E-state index in [0.717, 1.165) is 4.47 Å². The molecule has 158 valence electrons. The Labute approximate surface area is 174 Å². The molecule has 1 aliphatic heterocycles. The van der Waals surface area contributed by atoms with Gasteiger partial charge in [-0.15, -0.1) is 0 Å². The Morgan fingerprint density at radius 1 is 1.21 bits per heavy atom. The van der Waals surface area contributed by atoms with Crippen molar-refractivity contribution >= 4 is 28.0 Å². The van der Waals surface area contributed by atoms with Gasteiger partial charge in [0.1, 0.15) is 5.60 Å². The number of aromatic nitrogens is 2. The van der Waals surface area contributed by atoms with E-state index in [1.807, 2.05) is 25.7 Å². The van der Waals surface area contributed by atoms with E-state index in [4.69, 9.17) is 4.74 Å². The SMILES string of the molecule is CN(CCCC(O)(O)N1CCN(c2ncc(Br)cn2)CC1)C(=O)OC(C)(C)C. The van der Waals surface area contributed by atoms with Gasteiger partial charge in [0, 0.05) is 58.6 Å². The number of aliphatic hydroxyl groups is 2. The zero-order valence-electron chi connectivity index (χ0n) is 16.9. The lowest BCUT2D eigenvalue weighted by Crippen LogP contribution is -2.57. The van der Waals surface area contributed by atoms with Crippen molar-refractivity contribution in [2.24, 2.45) is 0 Å². The van der Waals surface area contributed by atoms with Gasteiger partial charge in [-0.05, 0) is 43.1 Å². The molecule has 0 spiro atoms. The maximum Gasteiger partial charge on any atom is 0.410 e. The summed E-state index contributed by atoms with van der Waals surface area (Å²) in [5.74, 6) is -1.29. The molecule has 0 atom stereocenters. The van der Waals surface area contributed by atoms with Crippen LogP contribution >= 0.6 is 15.9 Å². The first-order valence-electron chi connectivity index (χ1n) is 9.34. The van der Waals surface area contributed by atoms with Crippen LogP contribution in [0.4, 0.5) is 10.7 Å². The number of carbonyl (C=O) groups excluding carboxylic acids is 1. The van der Waals surface area contributed by atoms with E-state index in [9.17, 15) is 15.0 Å². The third kappa shape index (κ3) is 6.84. The fourth-order valence-electron chi connectivity index (χ4n) is 2.88. The fraction of sp³-hybridized carbons (Fsp3) is 0.722. The third-order valence-corrected chi connectivity index (χ3v) is 4.80. The molecule has 1 aromatic rings. The van der Waals surface area contributed by atoms with E-state index in [1.165, 1.54) is 4.90 Å². The van der Waals surface area contributed by atoms with Gasteiger partial charge in [0.15, 0.2) is 0 Å². The summed E-state index contributed by atoms with van der Waals surface area (Å²) in [6, 6.07) is 0. The molecule has 1 saturated heterocycles. The fourth-order valence-corrected chi connectivity index (χ4v) is 3.08. The van der Waals surface area contributed by atoms with Crippen molar-refractivity contribution < 1.29 is 19.7 Å². The lowest BCUT2D eigenvalue weighted by Gasteiger charge is -2.41. The van der Waals surface area contributed by atoms with E-state index < -0.39 is 17.6 Å². The van der Waals surface area contributed by atoms with Crippen LogP contribution in [0.5, 0.6) is 0 Å². The smallest absolute Gasteiger partial charge is 0.410 e. The Bertz CT molecular complexity index is 642. The van der Waals surface area contributed by atoms with Crippen molar-refractivity contribution in [1.82, 2.24) is 19.8 Å². The van der Waals surface area contributed by atoms with Crippen molar-refractivity contribution in [3.8, 4) is 0 Å². The highest BCUT2D eigenvalue weighted by atomic mass is 79.9. The molecule has 2 heterocycles. The van der Waals surface area contributed by atoms with Crippen LogP contribution < -0.4 is 4.90 Å². The predicted octanol–water partition coefficient (Wildman–Crippen LogP) is 1.65. The molecule has 2 N–H and O–H groups in total. The molecule has 0 aromatic carbocycles. The normalized spacial score (nSPS) is 16.2. The molecular weight excluding hydrogens is 430 g/mol. The molecule has 0 aliphatic carbocycles. The van der Waals surface area contributed by atoms with Gasteiger partial charge < -0.3 is 24.7 Å². The average molecular weight is 460 g/mol.